The lowest BCUT2D eigenvalue weighted by Crippen LogP contribution is -1.97. The Bertz CT molecular complexity index is 2530. The van der Waals surface area contributed by atoms with Crippen molar-refractivity contribution in [3.63, 3.8) is 0 Å². The molecular formula is C47H32. The molecule has 0 aromatic heterocycles. The Labute approximate surface area is 275 Å². The third-order valence-electron chi connectivity index (χ3n) is 9.77. The monoisotopic (exact) mass is 596 g/mol. The summed E-state index contributed by atoms with van der Waals surface area (Å²) in [5, 5.41) is 10.3. The van der Waals surface area contributed by atoms with Gasteiger partial charge in [-0.1, -0.05) is 176 Å². The first-order valence-electron chi connectivity index (χ1n) is 16.4. The third-order valence-corrected chi connectivity index (χ3v) is 9.77. The first-order chi connectivity index (χ1) is 23.3. The maximum atomic E-state index is 2.35. The van der Waals surface area contributed by atoms with Crippen LogP contribution >= 0.6 is 0 Å². The molecule has 0 N–H and O–H groups in total. The normalized spacial score (nSPS) is 11.5. The molecule has 0 saturated carbocycles. The molecule has 47 heavy (non-hydrogen) atoms. The first-order valence-corrected chi connectivity index (χ1v) is 16.4. The molecule has 0 aliphatic heterocycles. The fourth-order valence-corrected chi connectivity index (χ4v) is 7.59. The van der Waals surface area contributed by atoms with Gasteiger partial charge in [0.25, 0.3) is 0 Å². The highest BCUT2D eigenvalue weighted by atomic mass is 14.2. The van der Waals surface area contributed by atoms with Crippen LogP contribution in [0.2, 0.25) is 0 Å². The van der Waals surface area contributed by atoms with E-state index in [4.69, 9.17) is 0 Å². The van der Waals surface area contributed by atoms with Crippen LogP contribution in [0, 0.1) is 0 Å². The molecule has 0 bridgehead atoms. The van der Waals surface area contributed by atoms with Gasteiger partial charge in [-0.05, 0) is 100 Å². The van der Waals surface area contributed by atoms with Gasteiger partial charge in [0, 0.05) is 0 Å². The van der Waals surface area contributed by atoms with E-state index in [1.54, 1.807) is 0 Å². The number of fused-ring (bicyclic) bond motifs is 4. The van der Waals surface area contributed by atoms with E-state index in [-0.39, 0.29) is 0 Å². The molecule has 9 aromatic carbocycles. The van der Waals surface area contributed by atoms with Crippen LogP contribution in [0.1, 0.15) is 11.1 Å². The minimum absolute atomic E-state index is 0.855. The minimum Gasteiger partial charge on any atom is -0.0622 e. The summed E-state index contributed by atoms with van der Waals surface area (Å²) < 4.78 is 0. The molecule has 0 aliphatic carbocycles. The van der Waals surface area contributed by atoms with Gasteiger partial charge in [0.15, 0.2) is 0 Å². The molecular weight excluding hydrogens is 565 g/mol. The summed E-state index contributed by atoms with van der Waals surface area (Å²) in [6.07, 6.45) is 0.855. The summed E-state index contributed by atoms with van der Waals surface area (Å²) in [5.74, 6) is 0. The zero-order valence-electron chi connectivity index (χ0n) is 26.0. The molecule has 0 radical (unpaired) electrons. The molecule has 220 valence electrons. The molecule has 0 heteroatoms. The Hall–Kier alpha value is -5.98. The third kappa shape index (κ3) is 4.69. The van der Waals surface area contributed by atoms with Gasteiger partial charge in [-0.2, -0.15) is 0 Å². The molecule has 0 unspecified atom stereocenters. The zero-order valence-corrected chi connectivity index (χ0v) is 26.0. The van der Waals surface area contributed by atoms with Gasteiger partial charge in [0.2, 0.25) is 0 Å². The lowest BCUT2D eigenvalue weighted by Gasteiger charge is -2.20. The molecule has 0 nitrogen and oxygen atoms in total. The van der Waals surface area contributed by atoms with E-state index in [1.165, 1.54) is 87.6 Å². The van der Waals surface area contributed by atoms with Crippen molar-refractivity contribution in [3.05, 3.63) is 193 Å². The number of hydrogen-bond donors (Lipinski definition) is 0. The van der Waals surface area contributed by atoms with E-state index >= 15 is 0 Å². The van der Waals surface area contributed by atoms with E-state index in [0.29, 0.717) is 0 Å². The van der Waals surface area contributed by atoms with Gasteiger partial charge >= 0.3 is 0 Å². The predicted octanol–water partition coefficient (Wildman–Crippen LogP) is 12.9. The largest absolute Gasteiger partial charge is 0.0622 e. The zero-order chi connectivity index (χ0) is 31.2. The average molecular weight is 597 g/mol. The Kier molecular flexibility index (Phi) is 6.65. The molecule has 0 fully saturated rings. The highest BCUT2D eigenvalue weighted by molar-refractivity contribution is 6.19. The molecule has 0 aliphatic rings. The van der Waals surface area contributed by atoms with Crippen LogP contribution in [0.4, 0.5) is 0 Å². The quantitative estimate of drug-likeness (QED) is 0.173. The fraction of sp³-hybridized carbons (Fsp3) is 0.0213. The summed E-state index contributed by atoms with van der Waals surface area (Å²) in [6, 6.07) is 66.7. The van der Waals surface area contributed by atoms with Crippen molar-refractivity contribution in [2.45, 2.75) is 6.42 Å². The van der Waals surface area contributed by atoms with E-state index in [9.17, 15) is 0 Å². The van der Waals surface area contributed by atoms with Crippen LogP contribution in [0.25, 0.3) is 76.5 Å². The van der Waals surface area contributed by atoms with Crippen LogP contribution < -0.4 is 0 Å². The molecule has 9 rings (SSSR count). The van der Waals surface area contributed by atoms with Gasteiger partial charge < -0.3 is 0 Å². The van der Waals surface area contributed by atoms with Crippen molar-refractivity contribution in [1.29, 1.82) is 0 Å². The first kappa shape index (κ1) is 27.3. The van der Waals surface area contributed by atoms with Gasteiger partial charge in [0.05, 0.1) is 0 Å². The Morgan fingerprint density at radius 2 is 0.830 bits per heavy atom. The summed E-state index contributed by atoms with van der Waals surface area (Å²) in [5.41, 5.74) is 10.3. The maximum Gasteiger partial charge on any atom is -0.000728 e. The van der Waals surface area contributed by atoms with Crippen LogP contribution in [-0.2, 0) is 6.42 Å². The van der Waals surface area contributed by atoms with Crippen molar-refractivity contribution >= 4 is 43.1 Å². The van der Waals surface area contributed by atoms with Gasteiger partial charge in [-0.25, -0.2) is 0 Å². The highest BCUT2D eigenvalue weighted by Gasteiger charge is 2.19. The highest BCUT2D eigenvalue weighted by Crippen LogP contribution is 2.44. The fourth-order valence-electron chi connectivity index (χ4n) is 7.59. The molecule has 0 atom stereocenters. The summed E-state index contributed by atoms with van der Waals surface area (Å²) in [4.78, 5) is 0. The van der Waals surface area contributed by atoms with Crippen molar-refractivity contribution in [3.8, 4) is 33.4 Å². The summed E-state index contributed by atoms with van der Waals surface area (Å²) >= 11 is 0. The topological polar surface area (TPSA) is 0 Å². The van der Waals surface area contributed by atoms with Gasteiger partial charge in [-0.3, -0.25) is 0 Å². The lowest BCUT2D eigenvalue weighted by atomic mass is 9.83. The van der Waals surface area contributed by atoms with E-state index < -0.39 is 0 Å². The number of rotatable bonds is 5. The van der Waals surface area contributed by atoms with Crippen LogP contribution in [0.15, 0.2) is 182 Å². The van der Waals surface area contributed by atoms with Crippen molar-refractivity contribution in [2.75, 3.05) is 0 Å². The molecule has 0 saturated heterocycles. The second-order valence-corrected chi connectivity index (χ2v) is 12.4. The molecule has 0 amide bonds. The predicted molar refractivity (Wildman–Crippen MR) is 202 cm³/mol. The van der Waals surface area contributed by atoms with E-state index in [0.717, 1.165) is 6.42 Å². The minimum atomic E-state index is 0.855. The van der Waals surface area contributed by atoms with E-state index in [1.807, 2.05) is 0 Å². The van der Waals surface area contributed by atoms with Crippen LogP contribution in [0.3, 0.4) is 0 Å². The Morgan fingerprint density at radius 3 is 1.55 bits per heavy atom. The SMILES string of the molecule is c1ccc(-c2ccccc2Cc2c3ccccc3c(-c3ccc(-c4ccc5ccccc5c4)c4ccccc34)c3ccccc23)cc1. The van der Waals surface area contributed by atoms with Crippen molar-refractivity contribution in [1.82, 2.24) is 0 Å². The molecule has 0 heterocycles. The smallest absolute Gasteiger partial charge is 0.000728 e. The summed E-state index contributed by atoms with van der Waals surface area (Å²) in [6.45, 7) is 0. The standard InChI is InChI=1S/C47H32/c1-2-15-33(16-3-1)37-19-7-6-18-35(37)31-46-41-22-10-12-24-43(41)47(44-25-13-11-23-42(44)46)45-29-28-38(39-20-8-9-21-40(39)45)36-27-26-32-14-4-5-17-34(32)30-36/h1-30H,31H2. The molecule has 9 aromatic rings. The van der Waals surface area contributed by atoms with E-state index in [2.05, 4.69) is 182 Å². The van der Waals surface area contributed by atoms with Crippen LogP contribution in [0.5, 0.6) is 0 Å². The maximum absolute atomic E-state index is 2.35. The summed E-state index contributed by atoms with van der Waals surface area (Å²) in [7, 11) is 0. The van der Waals surface area contributed by atoms with Crippen molar-refractivity contribution in [2.24, 2.45) is 0 Å². The second-order valence-electron chi connectivity index (χ2n) is 12.4. The number of benzene rings is 9. The second kappa shape index (κ2) is 11.4. The Morgan fingerprint density at radius 1 is 0.298 bits per heavy atom. The lowest BCUT2D eigenvalue weighted by molar-refractivity contribution is 1.23. The number of hydrogen-bond acceptors (Lipinski definition) is 0. The van der Waals surface area contributed by atoms with Gasteiger partial charge in [-0.15, -0.1) is 0 Å². The molecule has 0 spiro atoms. The van der Waals surface area contributed by atoms with Gasteiger partial charge in [0.1, 0.15) is 0 Å². The Balaban J connectivity index is 1.28. The van der Waals surface area contributed by atoms with Crippen molar-refractivity contribution < 1.29 is 0 Å². The van der Waals surface area contributed by atoms with Crippen LogP contribution in [-0.4, -0.2) is 0 Å². The average Bonchev–Trinajstić information content (AvgIpc) is 3.15.